The predicted octanol–water partition coefficient (Wildman–Crippen LogP) is 1.84. The maximum atomic E-state index is 5.94. The normalized spacial score (nSPS) is 20.4. The highest BCUT2D eigenvalue weighted by Crippen LogP contribution is 2.25. The molecule has 0 saturated carbocycles. The van der Waals surface area contributed by atoms with E-state index in [0.29, 0.717) is 30.1 Å². The Hall–Kier alpha value is -1.49. The van der Waals surface area contributed by atoms with Gasteiger partial charge in [0, 0.05) is 25.7 Å². The predicted molar refractivity (Wildman–Crippen MR) is 83.3 cm³/mol. The molecule has 2 N–H and O–H groups in total. The molecule has 1 aromatic rings. The average molecular weight is 278 g/mol. The summed E-state index contributed by atoms with van der Waals surface area (Å²) in [7, 11) is 2.16. The van der Waals surface area contributed by atoms with E-state index in [1.165, 1.54) is 0 Å². The highest BCUT2D eigenvalue weighted by Gasteiger charge is 2.22. The molecule has 1 aromatic heterocycles. The van der Waals surface area contributed by atoms with Crippen LogP contribution < -0.4 is 15.4 Å². The Morgan fingerprint density at radius 3 is 2.80 bits per heavy atom. The number of ether oxygens (including phenoxy) is 1. The molecule has 20 heavy (non-hydrogen) atoms. The number of anilines is 2. The van der Waals surface area contributed by atoms with Gasteiger partial charge in [-0.25, -0.2) is 0 Å². The van der Waals surface area contributed by atoms with Gasteiger partial charge in [-0.15, -0.1) is 0 Å². The topological polar surface area (TPSA) is 54.6 Å². The Labute approximate surface area is 121 Å². The van der Waals surface area contributed by atoms with Crippen LogP contribution in [0.5, 0.6) is 5.88 Å². The highest BCUT2D eigenvalue weighted by molar-refractivity contribution is 5.54. The first-order valence-corrected chi connectivity index (χ1v) is 7.32. The number of nitrogen functional groups attached to an aromatic ring is 1. The van der Waals surface area contributed by atoms with Crippen molar-refractivity contribution >= 4 is 11.5 Å². The lowest BCUT2D eigenvalue weighted by Gasteiger charge is -2.38. The Bertz CT molecular complexity index is 449. The van der Waals surface area contributed by atoms with Crippen molar-refractivity contribution in [2.75, 3.05) is 43.9 Å². The molecule has 5 nitrogen and oxygen atoms in total. The van der Waals surface area contributed by atoms with Crippen LogP contribution in [-0.2, 0) is 0 Å². The minimum Gasteiger partial charge on any atom is -0.476 e. The zero-order chi connectivity index (χ0) is 14.7. The smallest absolute Gasteiger partial charge is 0.239 e. The number of hydrogen-bond acceptors (Lipinski definition) is 5. The summed E-state index contributed by atoms with van der Waals surface area (Å²) in [6, 6.07) is 4.40. The maximum Gasteiger partial charge on any atom is 0.239 e. The molecule has 1 aliphatic rings. The number of pyridine rings is 1. The monoisotopic (exact) mass is 278 g/mol. The second-order valence-corrected chi connectivity index (χ2v) is 6.04. The fraction of sp³-hybridized carbons (Fsp3) is 0.667. The molecule has 0 radical (unpaired) electrons. The Balaban J connectivity index is 2.10. The summed E-state index contributed by atoms with van der Waals surface area (Å²) in [5, 5.41) is 0. The first kappa shape index (κ1) is 14.9. The summed E-state index contributed by atoms with van der Waals surface area (Å²) in [6.07, 6.45) is 0. The lowest BCUT2D eigenvalue weighted by molar-refractivity contribution is 0.232. The summed E-state index contributed by atoms with van der Waals surface area (Å²) in [5.41, 5.74) is 6.55. The van der Waals surface area contributed by atoms with Gasteiger partial charge in [0.05, 0.1) is 12.3 Å². The largest absolute Gasteiger partial charge is 0.476 e. The zero-order valence-corrected chi connectivity index (χ0v) is 13.0. The Kier molecular flexibility index (Phi) is 4.70. The lowest BCUT2D eigenvalue weighted by Crippen LogP contribution is -2.50. The van der Waals surface area contributed by atoms with Crippen molar-refractivity contribution < 1.29 is 4.74 Å². The summed E-state index contributed by atoms with van der Waals surface area (Å²) in [4.78, 5) is 9.25. The molecule has 1 unspecified atom stereocenters. The van der Waals surface area contributed by atoms with Gasteiger partial charge in [0.1, 0.15) is 5.82 Å². The second kappa shape index (κ2) is 6.31. The van der Waals surface area contributed by atoms with Gasteiger partial charge in [0.15, 0.2) is 0 Å². The third-order valence-electron chi connectivity index (χ3n) is 3.71. The molecule has 1 fully saturated rings. The van der Waals surface area contributed by atoms with E-state index in [1.807, 2.05) is 12.1 Å². The molecular formula is C15H26N4O. The molecule has 1 aliphatic heterocycles. The van der Waals surface area contributed by atoms with Crippen LogP contribution in [0.25, 0.3) is 0 Å². The summed E-state index contributed by atoms with van der Waals surface area (Å²) in [5.74, 6) is 1.98. The molecule has 0 aromatic carbocycles. The third-order valence-corrected chi connectivity index (χ3v) is 3.71. The summed E-state index contributed by atoms with van der Waals surface area (Å²) < 4.78 is 5.70. The van der Waals surface area contributed by atoms with Gasteiger partial charge in [-0.05, 0) is 32.0 Å². The van der Waals surface area contributed by atoms with Crippen molar-refractivity contribution in [2.24, 2.45) is 5.92 Å². The molecule has 0 amide bonds. The number of hydrogen-bond donors (Lipinski definition) is 1. The van der Waals surface area contributed by atoms with Crippen molar-refractivity contribution in [1.29, 1.82) is 0 Å². The van der Waals surface area contributed by atoms with E-state index in [0.717, 1.165) is 25.5 Å². The van der Waals surface area contributed by atoms with E-state index in [4.69, 9.17) is 10.5 Å². The van der Waals surface area contributed by atoms with Crippen LogP contribution in [0.2, 0.25) is 0 Å². The lowest BCUT2D eigenvalue weighted by atomic mass is 10.2. The van der Waals surface area contributed by atoms with Crippen molar-refractivity contribution in [2.45, 2.75) is 26.8 Å². The van der Waals surface area contributed by atoms with Gasteiger partial charge in [0.2, 0.25) is 5.88 Å². The van der Waals surface area contributed by atoms with Crippen LogP contribution in [0.15, 0.2) is 12.1 Å². The molecule has 2 heterocycles. The van der Waals surface area contributed by atoms with Crippen LogP contribution in [0.4, 0.5) is 11.5 Å². The highest BCUT2D eigenvalue weighted by atomic mass is 16.5. The Morgan fingerprint density at radius 2 is 2.15 bits per heavy atom. The van der Waals surface area contributed by atoms with E-state index >= 15 is 0 Å². The van der Waals surface area contributed by atoms with Gasteiger partial charge in [-0.2, -0.15) is 4.98 Å². The number of nitrogens with zero attached hydrogens (tertiary/aromatic N) is 3. The van der Waals surface area contributed by atoms with Crippen LogP contribution in [0.3, 0.4) is 0 Å². The van der Waals surface area contributed by atoms with E-state index in [1.54, 1.807) is 0 Å². The standard InChI is InChI=1S/C15H26N4O/c1-11(2)10-20-15-13(16)5-6-14(17-15)19-8-7-18(4)12(3)9-19/h5-6,11-12H,7-10,16H2,1-4H3. The fourth-order valence-corrected chi connectivity index (χ4v) is 2.24. The minimum atomic E-state index is 0.462. The first-order valence-electron chi connectivity index (χ1n) is 7.32. The average Bonchev–Trinajstić information content (AvgIpc) is 2.41. The van der Waals surface area contributed by atoms with Crippen LogP contribution in [0, 0.1) is 5.92 Å². The minimum absolute atomic E-state index is 0.462. The van der Waals surface area contributed by atoms with Crippen molar-refractivity contribution in [3.8, 4) is 5.88 Å². The van der Waals surface area contributed by atoms with Gasteiger partial charge in [0.25, 0.3) is 0 Å². The van der Waals surface area contributed by atoms with Gasteiger partial charge < -0.3 is 20.3 Å². The number of piperazine rings is 1. The molecular weight excluding hydrogens is 252 g/mol. The molecule has 1 atom stereocenters. The van der Waals surface area contributed by atoms with E-state index in [-0.39, 0.29) is 0 Å². The molecule has 1 saturated heterocycles. The van der Waals surface area contributed by atoms with E-state index in [9.17, 15) is 0 Å². The molecule has 0 bridgehead atoms. The molecule has 2 rings (SSSR count). The van der Waals surface area contributed by atoms with Crippen LogP contribution in [0.1, 0.15) is 20.8 Å². The number of likely N-dealkylation sites (N-methyl/N-ethyl adjacent to an activating group) is 1. The molecule has 0 aliphatic carbocycles. The first-order chi connectivity index (χ1) is 9.47. The van der Waals surface area contributed by atoms with E-state index < -0.39 is 0 Å². The van der Waals surface area contributed by atoms with Gasteiger partial charge >= 0.3 is 0 Å². The molecule has 0 spiro atoms. The Morgan fingerprint density at radius 1 is 1.40 bits per heavy atom. The van der Waals surface area contributed by atoms with Crippen molar-refractivity contribution in [3.63, 3.8) is 0 Å². The van der Waals surface area contributed by atoms with Crippen LogP contribution in [-0.4, -0.2) is 49.2 Å². The second-order valence-electron chi connectivity index (χ2n) is 6.04. The molecule has 5 heteroatoms. The van der Waals surface area contributed by atoms with E-state index in [2.05, 4.69) is 42.6 Å². The van der Waals surface area contributed by atoms with Crippen molar-refractivity contribution in [3.05, 3.63) is 12.1 Å². The number of aromatic nitrogens is 1. The SMILES string of the molecule is CC(C)COc1nc(N2CCN(C)C(C)C2)ccc1N. The zero-order valence-electron chi connectivity index (χ0n) is 13.0. The van der Waals surface area contributed by atoms with Crippen LogP contribution >= 0.6 is 0 Å². The number of nitrogens with two attached hydrogens (primary N) is 1. The fourth-order valence-electron chi connectivity index (χ4n) is 2.24. The summed E-state index contributed by atoms with van der Waals surface area (Å²) >= 11 is 0. The third kappa shape index (κ3) is 3.54. The van der Waals surface area contributed by atoms with Crippen molar-refractivity contribution in [1.82, 2.24) is 9.88 Å². The van der Waals surface area contributed by atoms with Gasteiger partial charge in [-0.1, -0.05) is 13.8 Å². The number of rotatable bonds is 4. The summed E-state index contributed by atoms with van der Waals surface area (Å²) in [6.45, 7) is 10.1. The molecule has 112 valence electrons. The van der Waals surface area contributed by atoms with Gasteiger partial charge in [-0.3, -0.25) is 0 Å². The maximum absolute atomic E-state index is 5.94. The quantitative estimate of drug-likeness (QED) is 0.911.